The van der Waals surface area contributed by atoms with Crippen molar-refractivity contribution >= 4 is 67.4 Å². The molecule has 4 nitrogen and oxygen atoms in total. The minimum atomic E-state index is -2.72. The highest BCUT2D eigenvalue weighted by molar-refractivity contribution is 7.99. The molecule has 0 saturated carbocycles. The highest BCUT2D eigenvalue weighted by Crippen LogP contribution is 2.48. The zero-order valence-electron chi connectivity index (χ0n) is 39.6. The van der Waals surface area contributed by atoms with Crippen molar-refractivity contribution in [3.8, 4) is 44.5 Å². The predicted molar refractivity (Wildman–Crippen MR) is 262 cm³/mol. The van der Waals surface area contributed by atoms with Crippen LogP contribution in [0.2, 0.25) is 0 Å². The van der Waals surface area contributed by atoms with Gasteiger partial charge in [0.1, 0.15) is 0 Å². The summed E-state index contributed by atoms with van der Waals surface area (Å²) in [5.41, 5.74) is -17.7. The summed E-state index contributed by atoms with van der Waals surface area (Å²) in [4.78, 5) is 10.2. The molecular formula is C56H20F20N4S2. The Morgan fingerprint density at radius 3 is 0.683 bits per heavy atom. The zero-order valence-corrected chi connectivity index (χ0v) is 41.2. The summed E-state index contributed by atoms with van der Waals surface area (Å²) in [6.07, 6.45) is 0. The van der Waals surface area contributed by atoms with Crippen molar-refractivity contribution in [2.75, 3.05) is 0 Å². The number of aromatic nitrogens is 4. The largest absolute Gasteiger partial charge is 0.354 e. The fraction of sp³-hybridized carbons (Fsp3) is 0. The van der Waals surface area contributed by atoms with E-state index >= 15 is 70.2 Å². The molecule has 11 rings (SSSR count). The van der Waals surface area contributed by atoms with Crippen LogP contribution < -0.4 is 0 Å². The van der Waals surface area contributed by atoms with Gasteiger partial charge in [0.25, 0.3) is 0 Å². The van der Waals surface area contributed by atoms with Crippen LogP contribution in [0.4, 0.5) is 87.8 Å². The molecule has 0 aliphatic heterocycles. The van der Waals surface area contributed by atoms with Crippen LogP contribution in [0.25, 0.3) is 88.4 Å². The Hall–Kier alpha value is -8.78. The smallest absolute Gasteiger partial charge is 0.200 e. The van der Waals surface area contributed by atoms with E-state index in [2.05, 4.69) is 19.9 Å². The lowest BCUT2D eigenvalue weighted by atomic mass is 10.00. The number of hydrogen-bond donors (Lipinski definition) is 4. The van der Waals surface area contributed by atoms with Gasteiger partial charge in [0.15, 0.2) is 93.1 Å². The summed E-state index contributed by atoms with van der Waals surface area (Å²) < 4.78 is 316. The van der Waals surface area contributed by atoms with Gasteiger partial charge in [0, 0.05) is 75.9 Å². The minimum absolute atomic E-state index is 0.113. The van der Waals surface area contributed by atoms with E-state index in [4.69, 9.17) is 0 Å². The Morgan fingerprint density at radius 2 is 0.427 bits per heavy atom. The minimum Gasteiger partial charge on any atom is -0.354 e. The number of H-pyrrole nitrogens is 4. The third-order valence-corrected chi connectivity index (χ3v) is 14.9. The molecule has 0 spiro atoms. The molecule has 5 heterocycles. The SMILES string of the molecule is Fc1c(F)c(F)c(-c2c3cc(c(Sc4ccccc4)[nH]3)c(-c3c(F)c(F)c(F)c(F)c3F)c3ccc([nH]3)c(-c3c(F)c(F)c(F)c(F)c3F)c3cc(c(Sc4ccccc4)[nH]3)c(-c3c(F)c(F)c(F)c(F)c3F)c3ccc2[nH]3)c(F)c1F. The number of benzene rings is 6. The second-order valence-corrected chi connectivity index (χ2v) is 19.7. The molecule has 0 fully saturated rings. The molecule has 6 aromatic carbocycles. The van der Waals surface area contributed by atoms with E-state index in [0.29, 0.717) is 59.9 Å². The van der Waals surface area contributed by atoms with Gasteiger partial charge in [-0.15, -0.1) is 0 Å². The number of hydrogen-bond acceptors (Lipinski definition) is 2. The number of halogens is 20. The predicted octanol–water partition coefficient (Wildman–Crippen LogP) is 19.1. The summed E-state index contributed by atoms with van der Waals surface area (Å²) in [6.45, 7) is 0. The van der Waals surface area contributed by atoms with Gasteiger partial charge < -0.3 is 19.9 Å². The summed E-state index contributed by atoms with van der Waals surface area (Å²) in [5, 5.41) is -2.78. The second-order valence-electron chi connectivity index (χ2n) is 17.5. The third-order valence-electron chi connectivity index (χ3n) is 12.9. The maximum absolute atomic E-state index is 16.6. The van der Waals surface area contributed by atoms with Crippen LogP contribution in [0.3, 0.4) is 0 Å². The summed E-state index contributed by atoms with van der Waals surface area (Å²) >= 11 is 1.01. The van der Waals surface area contributed by atoms with Gasteiger partial charge >= 0.3 is 0 Å². The number of rotatable bonds is 8. The van der Waals surface area contributed by atoms with Crippen molar-refractivity contribution in [3.63, 3.8) is 0 Å². The van der Waals surface area contributed by atoms with Gasteiger partial charge in [0.05, 0.1) is 32.3 Å². The summed E-state index contributed by atoms with van der Waals surface area (Å²) in [6, 6.07) is 18.1. The Balaban J connectivity index is 1.50. The molecule has 0 aliphatic carbocycles. The maximum atomic E-state index is 16.6. The maximum Gasteiger partial charge on any atom is 0.200 e. The van der Waals surface area contributed by atoms with Crippen molar-refractivity contribution in [1.29, 1.82) is 0 Å². The van der Waals surface area contributed by atoms with Crippen molar-refractivity contribution in [1.82, 2.24) is 19.9 Å². The number of nitrogens with one attached hydrogen (secondary N) is 4. The highest BCUT2D eigenvalue weighted by Gasteiger charge is 2.35. The van der Waals surface area contributed by atoms with Crippen LogP contribution in [0.1, 0.15) is 0 Å². The highest BCUT2D eigenvalue weighted by atomic mass is 32.2. The van der Waals surface area contributed by atoms with Crippen molar-refractivity contribution in [3.05, 3.63) is 213 Å². The van der Waals surface area contributed by atoms with Crippen molar-refractivity contribution in [2.45, 2.75) is 19.8 Å². The fourth-order valence-corrected chi connectivity index (χ4v) is 11.1. The van der Waals surface area contributed by atoms with Gasteiger partial charge in [-0.3, -0.25) is 0 Å². The Kier molecular flexibility index (Phi) is 13.9. The van der Waals surface area contributed by atoms with Crippen LogP contribution in [0, 0.1) is 116 Å². The topological polar surface area (TPSA) is 63.2 Å². The monoisotopic (exact) mass is 1190 g/mol. The molecule has 0 radical (unpaired) electrons. The normalized spacial score (nSPS) is 11.8. The Bertz CT molecular complexity index is 4240. The molecule has 4 N–H and O–H groups in total. The molecule has 5 aromatic heterocycles. The molecule has 11 aromatic rings. The average Bonchev–Trinajstić information content (AvgIpc) is 3.79. The van der Waals surface area contributed by atoms with Gasteiger partial charge in [-0.05, 0) is 60.7 Å². The van der Waals surface area contributed by atoms with Crippen molar-refractivity contribution < 1.29 is 87.8 Å². The van der Waals surface area contributed by atoms with Gasteiger partial charge in [0.2, 0.25) is 23.3 Å². The lowest BCUT2D eigenvalue weighted by Crippen LogP contribution is -2.05. The van der Waals surface area contributed by atoms with E-state index in [1.807, 2.05) is 0 Å². The van der Waals surface area contributed by atoms with E-state index in [1.54, 1.807) is 0 Å². The first-order valence-electron chi connectivity index (χ1n) is 22.9. The lowest BCUT2D eigenvalue weighted by molar-refractivity contribution is 0.381. The number of aromatic amines is 4. The van der Waals surface area contributed by atoms with Crippen LogP contribution >= 0.6 is 23.5 Å². The molecule has 0 unspecified atom stereocenters. The van der Waals surface area contributed by atoms with E-state index in [1.165, 1.54) is 60.7 Å². The first-order chi connectivity index (χ1) is 39.0. The fourth-order valence-electron chi connectivity index (χ4n) is 9.21. The van der Waals surface area contributed by atoms with E-state index in [9.17, 15) is 17.6 Å². The van der Waals surface area contributed by atoms with Gasteiger partial charge in [-0.25, -0.2) is 87.8 Å². The van der Waals surface area contributed by atoms with Crippen molar-refractivity contribution in [2.24, 2.45) is 0 Å². The van der Waals surface area contributed by atoms with E-state index in [0.717, 1.165) is 0 Å². The second kappa shape index (κ2) is 20.6. The van der Waals surface area contributed by atoms with Gasteiger partial charge in [-0.2, -0.15) is 0 Å². The molecule has 82 heavy (non-hydrogen) atoms. The first kappa shape index (κ1) is 55.1. The Morgan fingerprint density at radius 1 is 0.207 bits per heavy atom. The van der Waals surface area contributed by atoms with Crippen LogP contribution in [-0.4, -0.2) is 19.9 Å². The quantitative estimate of drug-likeness (QED) is 0.0696. The zero-order chi connectivity index (χ0) is 58.7. The molecule has 416 valence electrons. The van der Waals surface area contributed by atoms with E-state index in [-0.39, 0.29) is 9.79 Å². The van der Waals surface area contributed by atoms with Crippen LogP contribution in [0.5, 0.6) is 0 Å². The van der Waals surface area contributed by atoms with Gasteiger partial charge in [-0.1, -0.05) is 59.9 Å². The first-order valence-corrected chi connectivity index (χ1v) is 24.5. The van der Waals surface area contributed by atoms with Crippen LogP contribution in [0.15, 0.2) is 117 Å². The molecule has 0 atom stereocenters. The number of fused-ring (bicyclic) bond motifs is 8. The Labute approximate surface area is 451 Å². The summed E-state index contributed by atoms with van der Waals surface area (Å²) in [7, 11) is 0. The third kappa shape index (κ3) is 8.67. The molecule has 0 amide bonds. The van der Waals surface area contributed by atoms with Crippen LogP contribution in [-0.2, 0) is 0 Å². The molecular weight excluding hydrogens is 1170 g/mol. The lowest BCUT2D eigenvalue weighted by Gasteiger charge is -2.11. The summed E-state index contributed by atoms with van der Waals surface area (Å²) in [5.74, 6) is -52.5. The van der Waals surface area contributed by atoms with E-state index < -0.39 is 215 Å². The standard InChI is InChI=1S/C56H20F20N4S2/c57-35-31(36(58)44(66)51(73)43(35)65)27-19-15-25(79-55(19)81-17-7-3-1-4-8-17)29(33-39(61)47(69)53(75)48(70)40(33)62)23-14-12-22(78-23)28(32-37(59)45(67)52(74)46(68)38(32)60)20-16-26(80-56(20)82-18-9-5-2-6-10-18)30(24-13-11-21(27)77-24)34-41(63)49(71)54(76)50(72)42(34)64/h1-16,77-80H. The molecule has 0 aliphatic rings. The average molecular weight is 1190 g/mol. The molecule has 0 saturated heterocycles. The molecule has 26 heteroatoms. The molecule has 8 bridgehead atoms.